The van der Waals surface area contributed by atoms with Crippen molar-refractivity contribution in [2.45, 2.75) is 32.4 Å². The van der Waals surface area contributed by atoms with Crippen LogP contribution in [0.25, 0.3) is 0 Å². The standard InChI is InChI=1S/C15H20FNO3/c1-10-3-4-12(7-14(10)16)11(2)17-5-6-20-9-13(17)8-15(18)19/h3-4,7,11,13H,5-6,8-9H2,1-2H3,(H,18,19). The summed E-state index contributed by atoms with van der Waals surface area (Å²) in [6.07, 6.45) is 0.0404. The quantitative estimate of drug-likeness (QED) is 0.920. The van der Waals surface area contributed by atoms with Gasteiger partial charge in [-0.1, -0.05) is 12.1 Å². The third-order valence-electron chi connectivity index (χ3n) is 3.86. The number of ether oxygens (including phenoxy) is 1. The van der Waals surface area contributed by atoms with Crippen molar-refractivity contribution in [1.29, 1.82) is 0 Å². The molecule has 20 heavy (non-hydrogen) atoms. The third kappa shape index (κ3) is 3.35. The van der Waals surface area contributed by atoms with Crippen molar-refractivity contribution < 1.29 is 19.0 Å². The predicted octanol–water partition coefficient (Wildman–Crippen LogP) is 2.37. The zero-order valence-electron chi connectivity index (χ0n) is 11.8. The van der Waals surface area contributed by atoms with Crippen LogP contribution in [0.15, 0.2) is 18.2 Å². The summed E-state index contributed by atoms with van der Waals surface area (Å²) in [5.41, 5.74) is 1.48. The molecule has 2 atom stereocenters. The van der Waals surface area contributed by atoms with Crippen LogP contribution in [0.2, 0.25) is 0 Å². The number of carboxylic acid groups (broad SMARTS) is 1. The van der Waals surface area contributed by atoms with Gasteiger partial charge in [0.25, 0.3) is 0 Å². The molecule has 1 heterocycles. The van der Waals surface area contributed by atoms with Crippen LogP contribution in [0.5, 0.6) is 0 Å². The van der Waals surface area contributed by atoms with E-state index in [-0.39, 0.29) is 24.3 Å². The smallest absolute Gasteiger partial charge is 0.305 e. The van der Waals surface area contributed by atoms with Crippen LogP contribution in [-0.4, -0.2) is 41.8 Å². The first kappa shape index (κ1) is 14.9. The van der Waals surface area contributed by atoms with Gasteiger partial charge in [-0.25, -0.2) is 4.39 Å². The van der Waals surface area contributed by atoms with Crippen LogP contribution < -0.4 is 0 Å². The fourth-order valence-electron chi connectivity index (χ4n) is 2.62. The van der Waals surface area contributed by atoms with Crippen molar-refractivity contribution in [2.75, 3.05) is 19.8 Å². The highest BCUT2D eigenvalue weighted by molar-refractivity contribution is 5.67. The minimum atomic E-state index is -0.840. The van der Waals surface area contributed by atoms with Gasteiger partial charge in [-0.3, -0.25) is 9.69 Å². The Morgan fingerprint density at radius 3 is 3.00 bits per heavy atom. The second kappa shape index (κ2) is 6.33. The summed E-state index contributed by atoms with van der Waals surface area (Å²) in [4.78, 5) is 13.0. The summed E-state index contributed by atoms with van der Waals surface area (Å²) >= 11 is 0. The van der Waals surface area contributed by atoms with Gasteiger partial charge in [0.05, 0.1) is 19.6 Å². The maximum atomic E-state index is 13.7. The molecule has 4 nitrogen and oxygen atoms in total. The molecule has 0 radical (unpaired) electrons. The number of aryl methyl sites for hydroxylation is 1. The summed E-state index contributed by atoms with van der Waals surface area (Å²) in [7, 11) is 0. The molecule has 2 unspecified atom stereocenters. The molecular weight excluding hydrogens is 261 g/mol. The van der Waals surface area contributed by atoms with E-state index in [2.05, 4.69) is 4.90 Å². The van der Waals surface area contributed by atoms with Gasteiger partial charge in [-0.05, 0) is 31.0 Å². The highest BCUT2D eigenvalue weighted by Crippen LogP contribution is 2.26. The van der Waals surface area contributed by atoms with Gasteiger partial charge in [0, 0.05) is 18.6 Å². The van der Waals surface area contributed by atoms with Gasteiger partial charge in [0.1, 0.15) is 5.82 Å². The van der Waals surface area contributed by atoms with Gasteiger partial charge < -0.3 is 9.84 Å². The molecule has 1 fully saturated rings. The maximum Gasteiger partial charge on any atom is 0.305 e. The lowest BCUT2D eigenvalue weighted by atomic mass is 10.0. The lowest BCUT2D eigenvalue weighted by Crippen LogP contribution is -2.47. The highest BCUT2D eigenvalue weighted by Gasteiger charge is 2.29. The number of halogens is 1. The summed E-state index contributed by atoms with van der Waals surface area (Å²) in [6, 6.07) is 5.00. The molecule has 0 spiro atoms. The number of nitrogens with zero attached hydrogens (tertiary/aromatic N) is 1. The molecule has 1 aromatic rings. The van der Waals surface area contributed by atoms with E-state index in [4.69, 9.17) is 9.84 Å². The van der Waals surface area contributed by atoms with Crippen molar-refractivity contribution in [3.63, 3.8) is 0 Å². The number of morpholine rings is 1. The van der Waals surface area contributed by atoms with E-state index in [0.717, 1.165) is 5.56 Å². The number of aliphatic carboxylic acids is 1. The maximum absolute atomic E-state index is 13.7. The Morgan fingerprint density at radius 2 is 2.35 bits per heavy atom. The molecule has 0 amide bonds. The molecule has 0 aliphatic carbocycles. The number of rotatable bonds is 4. The predicted molar refractivity (Wildman–Crippen MR) is 73.1 cm³/mol. The van der Waals surface area contributed by atoms with Crippen molar-refractivity contribution in [3.05, 3.63) is 35.1 Å². The van der Waals surface area contributed by atoms with Gasteiger partial charge in [0.2, 0.25) is 0 Å². The van der Waals surface area contributed by atoms with Crippen LogP contribution >= 0.6 is 0 Å². The van der Waals surface area contributed by atoms with E-state index >= 15 is 0 Å². The molecule has 1 aliphatic heterocycles. The van der Waals surface area contributed by atoms with Crippen LogP contribution in [0.1, 0.15) is 30.5 Å². The number of carboxylic acids is 1. The van der Waals surface area contributed by atoms with Crippen LogP contribution in [-0.2, 0) is 9.53 Å². The normalized spacial score (nSPS) is 21.6. The molecular formula is C15H20FNO3. The van der Waals surface area contributed by atoms with Crippen LogP contribution in [0.3, 0.4) is 0 Å². The first-order valence-corrected chi connectivity index (χ1v) is 6.80. The van der Waals surface area contributed by atoms with Gasteiger partial charge >= 0.3 is 5.97 Å². The molecule has 0 bridgehead atoms. The Kier molecular flexibility index (Phi) is 4.73. The minimum Gasteiger partial charge on any atom is -0.481 e. The topological polar surface area (TPSA) is 49.8 Å². The summed E-state index contributed by atoms with van der Waals surface area (Å²) < 4.78 is 19.0. The number of benzene rings is 1. The average molecular weight is 281 g/mol. The Labute approximate surface area is 118 Å². The van der Waals surface area contributed by atoms with E-state index in [1.54, 1.807) is 13.0 Å². The van der Waals surface area contributed by atoms with Crippen molar-refractivity contribution in [1.82, 2.24) is 4.90 Å². The first-order valence-electron chi connectivity index (χ1n) is 6.80. The van der Waals surface area contributed by atoms with Crippen molar-refractivity contribution in [3.8, 4) is 0 Å². The summed E-state index contributed by atoms with van der Waals surface area (Å²) in [5.74, 6) is -1.06. The minimum absolute atomic E-state index is 0.0293. The molecule has 0 saturated carbocycles. The number of hydrogen-bond donors (Lipinski definition) is 1. The fourth-order valence-corrected chi connectivity index (χ4v) is 2.62. The average Bonchev–Trinajstić information content (AvgIpc) is 2.41. The second-order valence-electron chi connectivity index (χ2n) is 5.25. The van der Waals surface area contributed by atoms with Crippen molar-refractivity contribution >= 4 is 5.97 Å². The Bertz CT molecular complexity index is 492. The zero-order valence-corrected chi connectivity index (χ0v) is 11.8. The summed E-state index contributed by atoms with van der Waals surface area (Å²) in [5, 5.41) is 8.97. The molecule has 1 N–H and O–H groups in total. The van der Waals surface area contributed by atoms with E-state index in [9.17, 15) is 9.18 Å². The molecule has 1 aromatic carbocycles. The largest absolute Gasteiger partial charge is 0.481 e. The second-order valence-corrected chi connectivity index (χ2v) is 5.25. The lowest BCUT2D eigenvalue weighted by Gasteiger charge is -2.39. The van der Waals surface area contributed by atoms with Crippen LogP contribution in [0, 0.1) is 12.7 Å². The Balaban J connectivity index is 2.17. The van der Waals surface area contributed by atoms with E-state index in [0.29, 0.717) is 25.3 Å². The zero-order chi connectivity index (χ0) is 14.7. The fraction of sp³-hybridized carbons (Fsp3) is 0.533. The molecule has 1 saturated heterocycles. The van der Waals surface area contributed by atoms with Gasteiger partial charge in [-0.15, -0.1) is 0 Å². The van der Waals surface area contributed by atoms with Crippen LogP contribution in [0.4, 0.5) is 4.39 Å². The molecule has 5 heteroatoms. The third-order valence-corrected chi connectivity index (χ3v) is 3.86. The Hall–Kier alpha value is -1.46. The lowest BCUT2D eigenvalue weighted by molar-refractivity contribution is -0.140. The Morgan fingerprint density at radius 1 is 1.60 bits per heavy atom. The van der Waals surface area contributed by atoms with Crippen molar-refractivity contribution in [2.24, 2.45) is 0 Å². The van der Waals surface area contributed by atoms with E-state index in [1.807, 2.05) is 13.0 Å². The SMILES string of the molecule is Cc1ccc(C(C)N2CCOCC2CC(=O)O)cc1F. The molecule has 2 rings (SSSR count). The van der Waals surface area contributed by atoms with Gasteiger partial charge in [-0.2, -0.15) is 0 Å². The monoisotopic (exact) mass is 281 g/mol. The summed E-state index contributed by atoms with van der Waals surface area (Å²) in [6.45, 7) is 5.35. The first-order chi connectivity index (χ1) is 9.49. The number of carbonyl (C=O) groups is 1. The molecule has 1 aliphatic rings. The molecule has 0 aromatic heterocycles. The molecule has 110 valence electrons. The van der Waals surface area contributed by atoms with E-state index < -0.39 is 5.97 Å². The number of hydrogen-bond acceptors (Lipinski definition) is 3. The highest BCUT2D eigenvalue weighted by atomic mass is 19.1. The van der Waals surface area contributed by atoms with E-state index in [1.165, 1.54) is 6.07 Å². The van der Waals surface area contributed by atoms with Gasteiger partial charge in [0.15, 0.2) is 0 Å².